The Kier molecular flexibility index (Phi) is 6.19. The number of nitrogens with one attached hydrogen (secondary N) is 1. The Bertz CT molecular complexity index is 800. The summed E-state index contributed by atoms with van der Waals surface area (Å²) in [6.45, 7) is 13.3. The highest BCUT2D eigenvalue weighted by atomic mass is 16.6. The molecular weight excluding hydrogens is 356 g/mol. The first-order chi connectivity index (χ1) is 13.5. The average Bonchev–Trinajstić information content (AvgIpc) is 3.09. The molecule has 0 saturated carbocycles. The van der Waals surface area contributed by atoms with Crippen LogP contribution in [-0.4, -0.2) is 44.3 Å². The van der Waals surface area contributed by atoms with Crippen LogP contribution in [0.2, 0.25) is 0 Å². The van der Waals surface area contributed by atoms with Gasteiger partial charge in [0.1, 0.15) is 6.10 Å². The van der Waals surface area contributed by atoms with E-state index >= 15 is 0 Å². The molecule has 2 aliphatic rings. The molecule has 0 unspecified atom stereocenters. The molecule has 2 saturated heterocycles. The van der Waals surface area contributed by atoms with E-state index in [2.05, 4.69) is 15.1 Å². The van der Waals surface area contributed by atoms with Gasteiger partial charge in [-0.2, -0.15) is 0 Å². The first-order valence-electron chi connectivity index (χ1n) is 9.67. The third-order valence-corrected chi connectivity index (χ3v) is 5.22. The summed E-state index contributed by atoms with van der Waals surface area (Å²) < 4.78 is 5.31. The van der Waals surface area contributed by atoms with E-state index in [0.29, 0.717) is 13.1 Å². The van der Waals surface area contributed by atoms with Gasteiger partial charge in [-0.05, 0) is 43.5 Å². The maximum atomic E-state index is 12.1. The second kappa shape index (κ2) is 8.79. The molecule has 0 radical (unpaired) electrons. The van der Waals surface area contributed by atoms with Crippen LogP contribution in [0, 0.1) is 6.57 Å². The van der Waals surface area contributed by atoms with Gasteiger partial charge in [-0.25, -0.2) is 9.64 Å². The molecule has 2 fully saturated rings. The fourth-order valence-electron chi connectivity index (χ4n) is 3.67. The van der Waals surface area contributed by atoms with Crippen molar-refractivity contribution in [3.8, 4) is 0 Å². The number of ether oxygens (including phenoxy) is 1. The molecule has 1 aromatic rings. The first-order valence-corrected chi connectivity index (χ1v) is 9.67. The summed E-state index contributed by atoms with van der Waals surface area (Å²) in [7, 11) is 0. The summed E-state index contributed by atoms with van der Waals surface area (Å²) in [5, 5.41) is 2.68. The molecule has 1 N–H and O–H groups in total. The molecule has 0 bridgehead atoms. The van der Waals surface area contributed by atoms with Crippen LogP contribution in [-0.2, 0) is 9.53 Å². The molecule has 0 spiro atoms. The Morgan fingerprint density at radius 2 is 1.89 bits per heavy atom. The normalized spacial score (nSPS) is 19.2. The minimum atomic E-state index is -0.387. The zero-order chi connectivity index (χ0) is 20.1. The van der Waals surface area contributed by atoms with E-state index in [1.165, 1.54) is 12.5 Å². The zero-order valence-corrected chi connectivity index (χ0v) is 16.4. The van der Waals surface area contributed by atoms with Crippen LogP contribution < -0.4 is 15.1 Å². The van der Waals surface area contributed by atoms with Crippen LogP contribution in [0.15, 0.2) is 35.5 Å². The van der Waals surface area contributed by atoms with Crippen molar-refractivity contribution in [1.82, 2.24) is 5.32 Å². The fourth-order valence-corrected chi connectivity index (χ4v) is 3.67. The van der Waals surface area contributed by atoms with Crippen molar-refractivity contribution in [1.29, 1.82) is 0 Å². The Morgan fingerprint density at radius 3 is 2.46 bits per heavy atom. The number of piperidine rings is 1. The largest absolute Gasteiger partial charge is 0.442 e. The lowest BCUT2D eigenvalue weighted by atomic mass is 10.00. The van der Waals surface area contributed by atoms with Crippen molar-refractivity contribution in [2.45, 2.75) is 39.2 Å². The van der Waals surface area contributed by atoms with Gasteiger partial charge in [-0.1, -0.05) is 12.5 Å². The highest BCUT2D eigenvalue weighted by Gasteiger charge is 2.32. The molecule has 7 nitrogen and oxygen atoms in total. The number of benzene rings is 1. The van der Waals surface area contributed by atoms with E-state index in [1.807, 2.05) is 31.2 Å². The van der Waals surface area contributed by atoms with Crippen molar-refractivity contribution in [3.05, 3.63) is 47.0 Å². The Hall–Kier alpha value is -3.01. The first kappa shape index (κ1) is 19.7. The van der Waals surface area contributed by atoms with Gasteiger partial charge in [0.2, 0.25) is 5.91 Å². The molecule has 28 heavy (non-hydrogen) atoms. The Morgan fingerprint density at radius 1 is 1.25 bits per heavy atom. The maximum Gasteiger partial charge on any atom is 0.414 e. The van der Waals surface area contributed by atoms with Crippen LogP contribution in [0.4, 0.5) is 16.2 Å². The van der Waals surface area contributed by atoms with E-state index in [-0.39, 0.29) is 18.1 Å². The third kappa shape index (κ3) is 4.45. The average molecular weight is 382 g/mol. The highest BCUT2D eigenvalue weighted by Crippen LogP contribution is 2.29. The summed E-state index contributed by atoms with van der Waals surface area (Å²) in [5.74, 6) is -0.138. The van der Waals surface area contributed by atoms with Crippen LogP contribution in [0.3, 0.4) is 0 Å². The highest BCUT2D eigenvalue weighted by molar-refractivity contribution is 5.90. The molecule has 0 aliphatic carbocycles. The second-order valence-corrected chi connectivity index (χ2v) is 7.07. The summed E-state index contributed by atoms with van der Waals surface area (Å²) in [6.07, 6.45) is 1.94. The van der Waals surface area contributed by atoms with Crippen LogP contribution in [0.25, 0.3) is 4.85 Å². The smallest absolute Gasteiger partial charge is 0.414 e. The molecule has 1 aromatic carbocycles. The van der Waals surface area contributed by atoms with Crippen molar-refractivity contribution in [2.24, 2.45) is 0 Å². The van der Waals surface area contributed by atoms with Crippen LogP contribution in [0.5, 0.6) is 0 Å². The van der Waals surface area contributed by atoms with Gasteiger partial charge in [-0.15, -0.1) is 0 Å². The van der Waals surface area contributed by atoms with E-state index in [1.54, 1.807) is 4.90 Å². The minimum absolute atomic E-state index is 0.138. The van der Waals surface area contributed by atoms with E-state index in [4.69, 9.17) is 11.3 Å². The monoisotopic (exact) mass is 382 g/mol. The predicted molar refractivity (Wildman–Crippen MR) is 108 cm³/mol. The number of carbonyl (C=O) groups is 2. The number of rotatable bonds is 5. The number of allylic oxidation sites excluding steroid dienone is 1. The molecule has 1 atom stereocenters. The van der Waals surface area contributed by atoms with E-state index < -0.39 is 0 Å². The Balaban J connectivity index is 1.60. The molecule has 2 amide bonds. The van der Waals surface area contributed by atoms with Gasteiger partial charge in [0.15, 0.2) is 5.70 Å². The summed E-state index contributed by atoms with van der Waals surface area (Å²) in [5.41, 5.74) is 4.11. The Labute approximate surface area is 165 Å². The number of cyclic esters (lactones) is 1. The molecule has 7 heteroatoms. The minimum Gasteiger partial charge on any atom is -0.442 e. The van der Waals surface area contributed by atoms with Crippen molar-refractivity contribution in [2.75, 3.05) is 36.0 Å². The number of amides is 2. The second-order valence-electron chi connectivity index (χ2n) is 7.07. The fraction of sp³-hybridized carbons (Fsp3) is 0.476. The molecule has 148 valence electrons. The van der Waals surface area contributed by atoms with Gasteiger partial charge in [-0.3, -0.25) is 9.69 Å². The van der Waals surface area contributed by atoms with E-state index in [9.17, 15) is 9.59 Å². The standard InChI is InChI=1S/C21H26N4O3/c1-4-20(22-3)16-9-11-24(12-10-16)17-5-7-18(8-6-17)25-14-19(28-21(25)27)13-23-15(2)26/h5-8,19H,4,9-14H2,1-2H3,(H,23,26)/t19-/m0/s1. The van der Waals surface area contributed by atoms with Crippen LogP contribution in [0.1, 0.15) is 33.1 Å². The molecule has 2 aliphatic heterocycles. The molecule has 2 heterocycles. The number of nitrogens with zero attached hydrogens (tertiary/aromatic N) is 3. The number of hydrogen-bond acceptors (Lipinski definition) is 4. The number of carbonyl (C=O) groups excluding carboxylic acids is 2. The van der Waals surface area contributed by atoms with Crippen molar-refractivity contribution < 1.29 is 14.3 Å². The summed E-state index contributed by atoms with van der Waals surface area (Å²) in [4.78, 5) is 30.7. The SMILES string of the molecule is [C-]#[N+]C(CC)=C1CCN(c2ccc(N3C[C@H](CNC(C)=O)OC3=O)cc2)CC1. The molecule has 0 aromatic heterocycles. The number of anilines is 2. The third-order valence-electron chi connectivity index (χ3n) is 5.22. The predicted octanol–water partition coefficient (Wildman–Crippen LogP) is 3.33. The maximum absolute atomic E-state index is 12.1. The summed E-state index contributed by atoms with van der Waals surface area (Å²) in [6, 6.07) is 7.90. The zero-order valence-electron chi connectivity index (χ0n) is 16.4. The molecular formula is C21H26N4O3. The van der Waals surface area contributed by atoms with Gasteiger partial charge < -0.3 is 15.0 Å². The van der Waals surface area contributed by atoms with Crippen molar-refractivity contribution >= 4 is 23.4 Å². The van der Waals surface area contributed by atoms with Gasteiger partial charge in [0.25, 0.3) is 0 Å². The molecule has 3 rings (SSSR count). The summed E-state index contributed by atoms with van der Waals surface area (Å²) >= 11 is 0. The number of hydrogen-bond donors (Lipinski definition) is 1. The lowest BCUT2D eigenvalue weighted by Crippen LogP contribution is -2.33. The topological polar surface area (TPSA) is 66.2 Å². The van der Waals surface area contributed by atoms with Crippen LogP contribution >= 0.6 is 0 Å². The lowest BCUT2D eigenvalue weighted by molar-refractivity contribution is -0.119. The van der Waals surface area contributed by atoms with Gasteiger partial charge >= 0.3 is 6.09 Å². The quantitative estimate of drug-likeness (QED) is 0.794. The lowest BCUT2D eigenvalue weighted by Gasteiger charge is -2.31. The van der Waals surface area contributed by atoms with E-state index in [0.717, 1.165) is 49.4 Å². The van der Waals surface area contributed by atoms with Crippen molar-refractivity contribution in [3.63, 3.8) is 0 Å². The van der Waals surface area contributed by atoms with Gasteiger partial charge in [0, 0.05) is 31.4 Å². The van der Waals surface area contributed by atoms with Gasteiger partial charge in [0.05, 0.1) is 19.7 Å².